The van der Waals surface area contributed by atoms with Crippen molar-refractivity contribution in [2.24, 2.45) is 0 Å². The van der Waals surface area contributed by atoms with Gasteiger partial charge in [0.15, 0.2) is 0 Å². The largest absolute Gasteiger partial charge is 0.320 e. The highest BCUT2D eigenvalue weighted by molar-refractivity contribution is 5.80. The van der Waals surface area contributed by atoms with Gasteiger partial charge in [-0.25, -0.2) is 0 Å². The van der Waals surface area contributed by atoms with Crippen LogP contribution in [0.15, 0.2) is 18.2 Å². The molecule has 1 aromatic carbocycles. The first-order valence-corrected chi connectivity index (χ1v) is 6.77. The zero-order valence-corrected chi connectivity index (χ0v) is 11.1. The van der Waals surface area contributed by atoms with E-state index in [1.165, 1.54) is 16.7 Å². The average Bonchev–Trinajstić information content (AvgIpc) is 2.72. The maximum Gasteiger partial charge on any atom is 0.224 e. The minimum Gasteiger partial charge on any atom is -0.320 e. The fourth-order valence-electron chi connectivity index (χ4n) is 3.36. The fourth-order valence-corrected chi connectivity index (χ4v) is 3.36. The molecule has 0 saturated carbocycles. The Morgan fingerprint density at radius 1 is 1.33 bits per heavy atom. The Kier molecular flexibility index (Phi) is 2.67. The molecule has 2 fully saturated rings. The van der Waals surface area contributed by atoms with E-state index in [2.05, 4.69) is 42.3 Å². The van der Waals surface area contributed by atoms with E-state index in [9.17, 15) is 4.79 Å². The molecule has 96 valence electrons. The number of amides is 1. The molecule has 18 heavy (non-hydrogen) atoms. The van der Waals surface area contributed by atoms with Crippen molar-refractivity contribution in [3.05, 3.63) is 34.9 Å². The summed E-state index contributed by atoms with van der Waals surface area (Å²) < 4.78 is 0. The van der Waals surface area contributed by atoms with Crippen LogP contribution in [0.4, 0.5) is 0 Å². The summed E-state index contributed by atoms with van der Waals surface area (Å²) in [5.41, 5.74) is 3.59. The summed E-state index contributed by atoms with van der Waals surface area (Å²) in [6, 6.07) is 6.54. The molecule has 2 heterocycles. The Balaban J connectivity index is 2.12. The van der Waals surface area contributed by atoms with Gasteiger partial charge in [0.2, 0.25) is 5.91 Å². The second kappa shape index (κ2) is 4.09. The Labute approximate surface area is 108 Å². The highest BCUT2D eigenvalue weighted by Crippen LogP contribution is 2.40. The highest BCUT2D eigenvalue weighted by Gasteiger charge is 2.48. The van der Waals surface area contributed by atoms with Gasteiger partial charge in [0.05, 0.1) is 0 Å². The maximum absolute atomic E-state index is 12.1. The first kappa shape index (κ1) is 11.7. The summed E-state index contributed by atoms with van der Waals surface area (Å²) in [5.74, 6) is 0.295. The predicted molar refractivity (Wildman–Crippen MR) is 71.2 cm³/mol. The molecular formula is C15H20N2O. The Morgan fingerprint density at radius 2 is 2.17 bits per heavy atom. The van der Waals surface area contributed by atoms with Crippen LogP contribution in [0.5, 0.6) is 0 Å². The summed E-state index contributed by atoms with van der Waals surface area (Å²) in [6.07, 6.45) is 2.62. The summed E-state index contributed by atoms with van der Waals surface area (Å²) in [5, 5.41) is 3.61. The summed E-state index contributed by atoms with van der Waals surface area (Å²) in [7, 11) is 0. The number of carbonyl (C=O) groups excluding carboxylic acids is 1. The fraction of sp³-hybridized carbons (Fsp3) is 0.533. The Bertz CT molecular complexity index is 497. The lowest BCUT2D eigenvalue weighted by atomic mass is 9.89. The van der Waals surface area contributed by atoms with E-state index in [1.54, 1.807) is 0 Å². The van der Waals surface area contributed by atoms with E-state index in [0.29, 0.717) is 12.3 Å². The molecule has 2 saturated heterocycles. The third kappa shape index (κ3) is 1.57. The molecule has 0 aromatic heterocycles. The predicted octanol–water partition coefficient (Wildman–Crippen LogP) is 2.07. The second-order valence-electron chi connectivity index (χ2n) is 5.50. The Hall–Kier alpha value is -1.35. The lowest BCUT2D eigenvalue weighted by Gasteiger charge is -2.44. The minimum absolute atomic E-state index is 0.231. The lowest BCUT2D eigenvalue weighted by Crippen LogP contribution is -2.58. The first-order chi connectivity index (χ1) is 8.63. The first-order valence-electron chi connectivity index (χ1n) is 6.77. The van der Waals surface area contributed by atoms with Gasteiger partial charge in [-0.2, -0.15) is 0 Å². The van der Waals surface area contributed by atoms with Gasteiger partial charge in [-0.3, -0.25) is 10.1 Å². The van der Waals surface area contributed by atoms with Gasteiger partial charge < -0.3 is 4.90 Å². The van der Waals surface area contributed by atoms with E-state index in [4.69, 9.17) is 0 Å². The molecule has 2 aliphatic heterocycles. The monoisotopic (exact) mass is 244 g/mol. The molecule has 1 N–H and O–H groups in total. The molecule has 0 bridgehead atoms. The van der Waals surface area contributed by atoms with Crippen LogP contribution in [0.2, 0.25) is 0 Å². The zero-order chi connectivity index (χ0) is 12.8. The SMILES string of the molecule is Cc1ccc(C)c(C23CCC(=O)N2CCCN3)c1. The van der Waals surface area contributed by atoms with Gasteiger partial charge in [-0.05, 0) is 44.4 Å². The van der Waals surface area contributed by atoms with Crippen molar-refractivity contribution in [3.63, 3.8) is 0 Å². The smallest absolute Gasteiger partial charge is 0.224 e. The quantitative estimate of drug-likeness (QED) is 0.820. The molecule has 3 rings (SSSR count). The molecule has 0 radical (unpaired) electrons. The van der Waals surface area contributed by atoms with Crippen LogP contribution in [0.1, 0.15) is 36.0 Å². The summed E-state index contributed by atoms with van der Waals surface area (Å²) >= 11 is 0. The molecule has 3 heteroatoms. The number of benzene rings is 1. The number of carbonyl (C=O) groups is 1. The maximum atomic E-state index is 12.1. The van der Waals surface area contributed by atoms with Crippen LogP contribution in [0.3, 0.4) is 0 Å². The molecule has 0 aliphatic carbocycles. The molecule has 1 aromatic rings. The number of fused-ring (bicyclic) bond motifs is 1. The van der Waals surface area contributed by atoms with Crippen LogP contribution in [0, 0.1) is 13.8 Å². The topological polar surface area (TPSA) is 32.3 Å². The molecule has 1 amide bonds. The van der Waals surface area contributed by atoms with Crippen LogP contribution in [-0.4, -0.2) is 23.9 Å². The normalized spacial score (nSPS) is 27.4. The molecule has 0 spiro atoms. The van der Waals surface area contributed by atoms with Gasteiger partial charge in [-0.15, -0.1) is 0 Å². The standard InChI is InChI=1S/C15H20N2O/c1-11-4-5-12(2)13(10-11)15-7-6-14(18)17(15)9-3-8-16-15/h4-5,10,16H,3,6-9H2,1-2H3. The number of aryl methyl sites for hydroxylation is 2. The van der Waals surface area contributed by atoms with Gasteiger partial charge >= 0.3 is 0 Å². The minimum atomic E-state index is -0.231. The zero-order valence-electron chi connectivity index (χ0n) is 11.1. The third-order valence-corrected chi connectivity index (χ3v) is 4.28. The van der Waals surface area contributed by atoms with Crippen molar-refractivity contribution in [1.29, 1.82) is 0 Å². The van der Waals surface area contributed by atoms with E-state index < -0.39 is 0 Å². The van der Waals surface area contributed by atoms with Crippen molar-refractivity contribution in [1.82, 2.24) is 10.2 Å². The molecule has 3 nitrogen and oxygen atoms in total. The van der Waals surface area contributed by atoms with Crippen LogP contribution in [0.25, 0.3) is 0 Å². The number of rotatable bonds is 1. The van der Waals surface area contributed by atoms with Gasteiger partial charge in [0, 0.05) is 13.0 Å². The third-order valence-electron chi connectivity index (χ3n) is 4.28. The van der Waals surface area contributed by atoms with Gasteiger partial charge in [0.1, 0.15) is 5.66 Å². The average molecular weight is 244 g/mol. The second-order valence-corrected chi connectivity index (χ2v) is 5.50. The number of hydrogen-bond acceptors (Lipinski definition) is 2. The Morgan fingerprint density at radius 3 is 3.00 bits per heavy atom. The van der Waals surface area contributed by atoms with E-state index in [-0.39, 0.29) is 5.66 Å². The summed E-state index contributed by atoms with van der Waals surface area (Å²) in [4.78, 5) is 14.1. The molecule has 1 atom stereocenters. The van der Waals surface area contributed by atoms with Crippen LogP contribution in [-0.2, 0) is 10.5 Å². The van der Waals surface area contributed by atoms with Gasteiger partial charge in [0.25, 0.3) is 0 Å². The van der Waals surface area contributed by atoms with Crippen LogP contribution < -0.4 is 5.32 Å². The van der Waals surface area contributed by atoms with E-state index in [1.807, 2.05) is 0 Å². The highest BCUT2D eigenvalue weighted by atomic mass is 16.2. The van der Waals surface area contributed by atoms with E-state index in [0.717, 1.165) is 25.9 Å². The number of nitrogens with zero attached hydrogens (tertiary/aromatic N) is 1. The van der Waals surface area contributed by atoms with Crippen LogP contribution >= 0.6 is 0 Å². The van der Waals surface area contributed by atoms with Gasteiger partial charge in [-0.1, -0.05) is 23.8 Å². The number of nitrogens with one attached hydrogen (secondary N) is 1. The number of hydrogen-bond donors (Lipinski definition) is 1. The lowest BCUT2D eigenvalue weighted by molar-refractivity contribution is -0.133. The molecular weight excluding hydrogens is 224 g/mol. The van der Waals surface area contributed by atoms with Crippen molar-refractivity contribution in [2.75, 3.05) is 13.1 Å². The van der Waals surface area contributed by atoms with Crippen molar-refractivity contribution < 1.29 is 4.79 Å². The summed E-state index contributed by atoms with van der Waals surface area (Å²) in [6.45, 7) is 6.14. The molecule has 2 aliphatic rings. The van der Waals surface area contributed by atoms with Crippen molar-refractivity contribution in [3.8, 4) is 0 Å². The molecule has 1 unspecified atom stereocenters. The van der Waals surface area contributed by atoms with E-state index >= 15 is 0 Å². The van der Waals surface area contributed by atoms with Crippen molar-refractivity contribution in [2.45, 2.75) is 38.8 Å². The van der Waals surface area contributed by atoms with Crippen molar-refractivity contribution >= 4 is 5.91 Å².